The van der Waals surface area contributed by atoms with Crippen molar-refractivity contribution in [3.8, 4) is 0 Å². The average molecular weight is 179 g/mol. The van der Waals surface area contributed by atoms with Crippen molar-refractivity contribution in [1.29, 1.82) is 0 Å². The van der Waals surface area contributed by atoms with E-state index >= 15 is 0 Å². The van der Waals surface area contributed by atoms with Crippen molar-refractivity contribution >= 4 is 0 Å². The van der Waals surface area contributed by atoms with Gasteiger partial charge in [0.25, 0.3) is 0 Å². The Morgan fingerprint density at radius 1 is 1.23 bits per heavy atom. The van der Waals surface area contributed by atoms with Crippen LogP contribution in [0.4, 0.5) is 0 Å². The molecule has 2 heteroatoms. The van der Waals surface area contributed by atoms with Gasteiger partial charge in [-0.05, 0) is 24.0 Å². The number of hydrogen-bond acceptors (Lipinski definition) is 2. The third kappa shape index (κ3) is 3.55. The Bertz CT molecular complexity index is 248. The van der Waals surface area contributed by atoms with Crippen LogP contribution in [0.25, 0.3) is 0 Å². The molecular formula is C11H17NO. The number of rotatable bonds is 5. The molecule has 13 heavy (non-hydrogen) atoms. The summed E-state index contributed by atoms with van der Waals surface area (Å²) in [6, 6.07) is 2.03. The first-order valence-electron chi connectivity index (χ1n) is 4.90. The Hall–Kier alpha value is -0.890. The van der Waals surface area contributed by atoms with Crippen LogP contribution < -0.4 is 0 Å². The third-order valence-electron chi connectivity index (χ3n) is 2.10. The molecule has 1 aromatic rings. The lowest BCUT2D eigenvalue weighted by molar-refractivity contribution is 0.281. The minimum atomic E-state index is 0.0919. The number of aryl methyl sites for hydroxylation is 1. The number of aromatic nitrogens is 1. The fourth-order valence-corrected chi connectivity index (χ4v) is 1.34. The molecule has 1 heterocycles. The lowest BCUT2D eigenvalue weighted by Crippen LogP contribution is -1.91. The number of aliphatic hydroxyl groups excluding tert-OH is 1. The maximum Gasteiger partial charge on any atom is 0.0696 e. The zero-order valence-electron chi connectivity index (χ0n) is 8.16. The summed E-state index contributed by atoms with van der Waals surface area (Å²) in [7, 11) is 0. The molecule has 0 bridgehead atoms. The standard InChI is InChI=1S/C11H17NO/c1-2-3-4-5-10-6-11(9-13)8-12-7-10/h6-8,13H,2-5,9H2,1H3. The van der Waals surface area contributed by atoms with E-state index in [-0.39, 0.29) is 6.61 Å². The molecule has 0 aliphatic rings. The fourth-order valence-electron chi connectivity index (χ4n) is 1.34. The Balaban J connectivity index is 2.46. The van der Waals surface area contributed by atoms with Crippen molar-refractivity contribution in [2.24, 2.45) is 0 Å². The molecule has 0 aromatic carbocycles. The normalized spacial score (nSPS) is 10.3. The second-order valence-electron chi connectivity index (χ2n) is 3.32. The van der Waals surface area contributed by atoms with Crippen molar-refractivity contribution in [2.75, 3.05) is 0 Å². The van der Waals surface area contributed by atoms with E-state index in [9.17, 15) is 0 Å². The monoisotopic (exact) mass is 179 g/mol. The van der Waals surface area contributed by atoms with E-state index in [0.29, 0.717) is 0 Å². The van der Waals surface area contributed by atoms with Gasteiger partial charge in [0.05, 0.1) is 6.61 Å². The average Bonchev–Trinajstić information content (AvgIpc) is 2.19. The predicted octanol–water partition coefficient (Wildman–Crippen LogP) is 2.31. The molecule has 0 fully saturated rings. The Kier molecular flexibility index (Phi) is 4.47. The van der Waals surface area contributed by atoms with Gasteiger partial charge >= 0.3 is 0 Å². The molecule has 0 unspecified atom stereocenters. The molecule has 2 nitrogen and oxygen atoms in total. The molecule has 0 aliphatic carbocycles. The molecule has 0 saturated carbocycles. The SMILES string of the molecule is CCCCCc1cncc(CO)c1. The lowest BCUT2D eigenvalue weighted by Gasteiger charge is -2.01. The smallest absolute Gasteiger partial charge is 0.0696 e. The summed E-state index contributed by atoms with van der Waals surface area (Å²) in [5, 5.41) is 8.89. The van der Waals surface area contributed by atoms with Gasteiger partial charge in [0, 0.05) is 12.4 Å². The molecular weight excluding hydrogens is 162 g/mol. The van der Waals surface area contributed by atoms with Crippen molar-refractivity contribution < 1.29 is 5.11 Å². The van der Waals surface area contributed by atoms with Gasteiger partial charge < -0.3 is 5.11 Å². The van der Waals surface area contributed by atoms with Gasteiger partial charge in [-0.3, -0.25) is 4.98 Å². The first kappa shape index (κ1) is 10.2. The minimum absolute atomic E-state index is 0.0919. The maximum absolute atomic E-state index is 8.89. The number of pyridine rings is 1. The minimum Gasteiger partial charge on any atom is -0.392 e. The van der Waals surface area contributed by atoms with Gasteiger partial charge in [0.15, 0.2) is 0 Å². The topological polar surface area (TPSA) is 33.1 Å². The Labute approximate surface area is 79.6 Å². The van der Waals surface area contributed by atoms with E-state index in [1.807, 2.05) is 12.3 Å². The summed E-state index contributed by atoms with van der Waals surface area (Å²) in [5.41, 5.74) is 2.15. The van der Waals surface area contributed by atoms with E-state index in [0.717, 1.165) is 12.0 Å². The number of unbranched alkanes of at least 4 members (excludes halogenated alkanes) is 2. The van der Waals surface area contributed by atoms with Crippen LogP contribution in [-0.4, -0.2) is 10.1 Å². The van der Waals surface area contributed by atoms with Gasteiger partial charge in [-0.15, -0.1) is 0 Å². The van der Waals surface area contributed by atoms with Crippen molar-refractivity contribution in [3.63, 3.8) is 0 Å². The van der Waals surface area contributed by atoms with Gasteiger partial charge in [-0.2, -0.15) is 0 Å². The summed E-state index contributed by atoms with van der Waals surface area (Å²) in [4.78, 5) is 4.07. The van der Waals surface area contributed by atoms with Crippen LogP contribution in [-0.2, 0) is 13.0 Å². The lowest BCUT2D eigenvalue weighted by atomic mass is 10.1. The summed E-state index contributed by atoms with van der Waals surface area (Å²) < 4.78 is 0. The van der Waals surface area contributed by atoms with Gasteiger partial charge in [-0.25, -0.2) is 0 Å². The molecule has 0 amide bonds. The molecule has 72 valence electrons. The van der Waals surface area contributed by atoms with Crippen LogP contribution in [0.2, 0.25) is 0 Å². The zero-order chi connectivity index (χ0) is 9.52. The molecule has 0 atom stereocenters. The number of aliphatic hydroxyl groups is 1. The van der Waals surface area contributed by atoms with E-state index in [4.69, 9.17) is 5.11 Å². The van der Waals surface area contributed by atoms with Crippen LogP contribution in [0.5, 0.6) is 0 Å². The zero-order valence-corrected chi connectivity index (χ0v) is 8.16. The summed E-state index contributed by atoms with van der Waals surface area (Å²) in [5.74, 6) is 0. The van der Waals surface area contributed by atoms with E-state index < -0.39 is 0 Å². The molecule has 0 aliphatic heterocycles. The predicted molar refractivity (Wildman–Crippen MR) is 53.4 cm³/mol. The Morgan fingerprint density at radius 3 is 2.69 bits per heavy atom. The van der Waals surface area contributed by atoms with E-state index in [1.165, 1.54) is 24.8 Å². The molecule has 1 aromatic heterocycles. The van der Waals surface area contributed by atoms with E-state index in [2.05, 4.69) is 11.9 Å². The van der Waals surface area contributed by atoms with Crippen molar-refractivity contribution in [3.05, 3.63) is 29.6 Å². The highest BCUT2D eigenvalue weighted by Gasteiger charge is 1.95. The van der Waals surface area contributed by atoms with E-state index in [1.54, 1.807) is 6.20 Å². The summed E-state index contributed by atoms with van der Waals surface area (Å²) >= 11 is 0. The number of hydrogen-bond donors (Lipinski definition) is 1. The summed E-state index contributed by atoms with van der Waals surface area (Å²) in [6.07, 6.45) is 8.40. The quantitative estimate of drug-likeness (QED) is 0.703. The van der Waals surface area contributed by atoms with Crippen LogP contribution >= 0.6 is 0 Å². The summed E-state index contributed by atoms with van der Waals surface area (Å²) in [6.45, 7) is 2.29. The fraction of sp³-hybridized carbons (Fsp3) is 0.545. The second kappa shape index (κ2) is 5.70. The Morgan fingerprint density at radius 2 is 2.00 bits per heavy atom. The van der Waals surface area contributed by atoms with Crippen LogP contribution in [0.3, 0.4) is 0 Å². The van der Waals surface area contributed by atoms with Crippen LogP contribution in [0.1, 0.15) is 37.3 Å². The molecule has 1 rings (SSSR count). The van der Waals surface area contributed by atoms with Gasteiger partial charge in [0.1, 0.15) is 0 Å². The van der Waals surface area contributed by atoms with Crippen molar-refractivity contribution in [2.45, 2.75) is 39.2 Å². The number of nitrogens with zero attached hydrogens (tertiary/aromatic N) is 1. The first-order valence-corrected chi connectivity index (χ1v) is 4.90. The largest absolute Gasteiger partial charge is 0.392 e. The highest BCUT2D eigenvalue weighted by Crippen LogP contribution is 2.07. The molecule has 0 saturated heterocycles. The van der Waals surface area contributed by atoms with Gasteiger partial charge in [0.2, 0.25) is 0 Å². The van der Waals surface area contributed by atoms with Crippen LogP contribution in [0.15, 0.2) is 18.5 Å². The van der Waals surface area contributed by atoms with Gasteiger partial charge in [-0.1, -0.05) is 25.8 Å². The highest BCUT2D eigenvalue weighted by atomic mass is 16.3. The molecule has 1 N–H and O–H groups in total. The maximum atomic E-state index is 8.89. The molecule has 0 spiro atoms. The molecule has 0 radical (unpaired) electrons. The van der Waals surface area contributed by atoms with Crippen molar-refractivity contribution in [1.82, 2.24) is 4.98 Å². The third-order valence-corrected chi connectivity index (χ3v) is 2.10. The second-order valence-corrected chi connectivity index (χ2v) is 3.32. The van der Waals surface area contributed by atoms with Crippen LogP contribution in [0, 0.1) is 0 Å². The highest BCUT2D eigenvalue weighted by molar-refractivity contribution is 5.17. The first-order chi connectivity index (χ1) is 6.36.